The highest BCUT2D eigenvalue weighted by Crippen LogP contribution is 2.22. The number of H-pyrrole nitrogens is 1. The minimum atomic E-state index is 0.437. The second kappa shape index (κ2) is 2.35. The molecule has 12 heavy (non-hydrogen) atoms. The number of fused-ring (bicyclic) bond motifs is 1. The first-order valence-electron chi connectivity index (χ1n) is 3.45. The lowest BCUT2D eigenvalue weighted by atomic mass is 10.2. The zero-order valence-electron chi connectivity index (χ0n) is 6.43. The van der Waals surface area contributed by atoms with E-state index in [1.54, 1.807) is 6.07 Å². The Morgan fingerprint density at radius 3 is 3.08 bits per heavy atom. The summed E-state index contributed by atoms with van der Waals surface area (Å²) >= 11 is 5.73. The number of anilines is 1. The number of nitrogens with two attached hydrogens (primary N) is 1. The van der Waals surface area contributed by atoms with Crippen LogP contribution in [0.5, 0.6) is 0 Å². The molecule has 0 aliphatic carbocycles. The summed E-state index contributed by atoms with van der Waals surface area (Å²) < 4.78 is 0. The van der Waals surface area contributed by atoms with E-state index >= 15 is 0 Å². The summed E-state index contributed by atoms with van der Waals surface area (Å²) in [6, 6.07) is 1.76. The van der Waals surface area contributed by atoms with Crippen molar-refractivity contribution in [2.75, 3.05) is 5.73 Å². The molecule has 0 saturated heterocycles. The summed E-state index contributed by atoms with van der Waals surface area (Å²) in [7, 11) is 0. The van der Waals surface area contributed by atoms with Crippen molar-refractivity contribution in [2.24, 2.45) is 0 Å². The molecular weight excluding hydrogens is 176 g/mol. The van der Waals surface area contributed by atoms with Crippen LogP contribution in [-0.2, 0) is 0 Å². The van der Waals surface area contributed by atoms with E-state index in [9.17, 15) is 0 Å². The van der Waals surface area contributed by atoms with E-state index < -0.39 is 0 Å². The molecule has 0 unspecified atom stereocenters. The first-order valence-corrected chi connectivity index (χ1v) is 3.83. The molecule has 2 rings (SSSR count). The minimum Gasteiger partial charge on any atom is -0.384 e. The SMILES string of the molecule is Cc1cc(Cl)nc2n[nH]c(N)c12. The van der Waals surface area contributed by atoms with Crippen LogP contribution >= 0.6 is 11.6 Å². The van der Waals surface area contributed by atoms with Crippen LogP contribution in [0.15, 0.2) is 6.07 Å². The number of aromatic amines is 1. The maximum atomic E-state index is 5.73. The van der Waals surface area contributed by atoms with Crippen molar-refractivity contribution in [3.63, 3.8) is 0 Å². The topological polar surface area (TPSA) is 67.6 Å². The van der Waals surface area contributed by atoms with Crippen molar-refractivity contribution in [3.8, 4) is 0 Å². The predicted octanol–water partition coefficient (Wildman–Crippen LogP) is 1.50. The molecule has 2 aromatic heterocycles. The Labute approximate surface area is 73.7 Å². The molecule has 0 saturated carbocycles. The van der Waals surface area contributed by atoms with Crippen LogP contribution in [0.3, 0.4) is 0 Å². The van der Waals surface area contributed by atoms with Crippen molar-refractivity contribution < 1.29 is 0 Å². The lowest BCUT2D eigenvalue weighted by molar-refractivity contribution is 1.10. The second-order valence-electron chi connectivity index (χ2n) is 2.60. The Hall–Kier alpha value is -1.29. The zero-order chi connectivity index (χ0) is 8.72. The van der Waals surface area contributed by atoms with Crippen LogP contribution in [0, 0.1) is 6.92 Å². The van der Waals surface area contributed by atoms with Gasteiger partial charge in [0.1, 0.15) is 11.0 Å². The highest BCUT2D eigenvalue weighted by atomic mass is 35.5. The van der Waals surface area contributed by atoms with E-state index in [-0.39, 0.29) is 0 Å². The van der Waals surface area contributed by atoms with Gasteiger partial charge in [-0.25, -0.2) is 4.98 Å². The van der Waals surface area contributed by atoms with Crippen molar-refractivity contribution in [3.05, 3.63) is 16.8 Å². The highest BCUT2D eigenvalue weighted by Gasteiger charge is 2.07. The number of nitrogens with one attached hydrogen (secondary N) is 1. The molecule has 4 nitrogen and oxygen atoms in total. The van der Waals surface area contributed by atoms with Crippen LogP contribution < -0.4 is 5.73 Å². The molecule has 0 aliphatic rings. The maximum absolute atomic E-state index is 5.73. The molecule has 2 aromatic rings. The Bertz CT molecular complexity index is 434. The number of hydrogen-bond acceptors (Lipinski definition) is 3. The summed E-state index contributed by atoms with van der Waals surface area (Å²) in [5.74, 6) is 0.534. The number of pyridine rings is 1. The molecule has 0 fully saturated rings. The van der Waals surface area contributed by atoms with E-state index in [4.69, 9.17) is 17.3 Å². The van der Waals surface area contributed by atoms with E-state index in [0.29, 0.717) is 16.6 Å². The Morgan fingerprint density at radius 1 is 1.58 bits per heavy atom. The van der Waals surface area contributed by atoms with Crippen LogP contribution in [0.4, 0.5) is 5.82 Å². The number of hydrogen-bond donors (Lipinski definition) is 2. The van der Waals surface area contributed by atoms with Gasteiger partial charge < -0.3 is 5.73 Å². The van der Waals surface area contributed by atoms with Crippen LogP contribution in [0.25, 0.3) is 11.0 Å². The first-order chi connectivity index (χ1) is 5.68. The fourth-order valence-corrected chi connectivity index (χ4v) is 1.44. The number of aryl methyl sites for hydroxylation is 1. The summed E-state index contributed by atoms with van der Waals surface area (Å²) in [5.41, 5.74) is 7.18. The molecule has 0 aliphatic heterocycles. The summed E-state index contributed by atoms with van der Waals surface area (Å²) in [6.07, 6.45) is 0. The van der Waals surface area contributed by atoms with Crippen molar-refractivity contribution >= 4 is 28.5 Å². The number of halogens is 1. The molecule has 0 bridgehead atoms. The van der Waals surface area contributed by atoms with Gasteiger partial charge in [-0.3, -0.25) is 5.10 Å². The van der Waals surface area contributed by atoms with Crippen LogP contribution in [0.2, 0.25) is 5.15 Å². The molecule has 62 valence electrons. The highest BCUT2D eigenvalue weighted by molar-refractivity contribution is 6.30. The lowest BCUT2D eigenvalue weighted by Gasteiger charge is -1.95. The van der Waals surface area contributed by atoms with Crippen LogP contribution in [0.1, 0.15) is 5.56 Å². The number of nitrogens with zero attached hydrogens (tertiary/aromatic N) is 2. The lowest BCUT2D eigenvalue weighted by Crippen LogP contribution is -1.86. The third-order valence-electron chi connectivity index (χ3n) is 1.72. The fraction of sp³-hybridized carbons (Fsp3) is 0.143. The first kappa shape index (κ1) is 7.36. The molecule has 0 aromatic carbocycles. The van der Waals surface area contributed by atoms with Gasteiger partial charge >= 0.3 is 0 Å². The van der Waals surface area contributed by atoms with Gasteiger partial charge in [-0.1, -0.05) is 11.6 Å². The van der Waals surface area contributed by atoms with E-state index in [0.717, 1.165) is 10.9 Å². The van der Waals surface area contributed by atoms with E-state index in [1.807, 2.05) is 6.92 Å². The molecule has 3 N–H and O–H groups in total. The third-order valence-corrected chi connectivity index (χ3v) is 1.91. The van der Waals surface area contributed by atoms with Gasteiger partial charge in [0.05, 0.1) is 5.39 Å². The maximum Gasteiger partial charge on any atom is 0.184 e. The molecule has 0 radical (unpaired) electrons. The van der Waals surface area contributed by atoms with Gasteiger partial charge in [0, 0.05) is 0 Å². The molecular formula is C7H7ClN4. The van der Waals surface area contributed by atoms with Crippen LogP contribution in [-0.4, -0.2) is 15.2 Å². The Kier molecular flexibility index (Phi) is 1.44. The summed E-state index contributed by atoms with van der Waals surface area (Å²) in [5, 5.41) is 7.83. The average Bonchev–Trinajstić information content (AvgIpc) is 2.31. The van der Waals surface area contributed by atoms with Gasteiger partial charge in [0.25, 0.3) is 0 Å². The van der Waals surface area contributed by atoms with Crippen molar-refractivity contribution in [1.29, 1.82) is 0 Å². The number of aromatic nitrogens is 3. The molecule has 0 amide bonds. The van der Waals surface area contributed by atoms with Gasteiger partial charge in [0.15, 0.2) is 5.65 Å². The van der Waals surface area contributed by atoms with Crippen molar-refractivity contribution in [1.82, 2.24) is 15.2 Å². The quantitative estimate of drug-likeness (QED) is 0.607. The average molecular weight is 183 g/mol. The molecule has 5 heteroatoms. The zero-order valence-corrected chi connectivity index (χ0v) is 7.18. The fourth-order valence-electron chi connectivity index (χ4n) is 1.20. The number of rotatable bonds is 0. The standard InChI is InChI=1S/C7H7ClN4/c1-3-2-4(8)10-7-5(3)6(9)11-12-7/h2H,1H3,(H3,9,10,11,12). The van der Waals surface area contributed by atoms with E-state index in [2.05, 4.69) is 15.2 Å². The molecule has 0 atom stereocenters. The van der Waals surface area contributed by atoms with Crippen molar-refractivity contribution in [2.45, 2.75) is 6.92 Å². The number of nitrogen functional groups attached to an aromatic ring is 1. The predicted molar refractivity (Wildman–Crippen MR) is 48.0 cm³/mol. The van der Waals surface area contributed by atoms with Gasteiger partial charge in [-0.15, -0.1) is 0 Å². The minimum absolute atomic E-state index is 0.437. The van der Waals surface area contributed by atoms with Gasteiger partial charge in [-0.2, -0.15) is 5.10 Å². The monoisotopic (exact) mass is 182 g/mol. The van der Waals surface area contributed by atoms with Gasteiger partial charge in [-0.05, 0) is 18.6 Å². The summed E-state index contributed by atoms with van der Waals surface area (Å²) in [6.45, 7) is 1.92. The summed E-state index contributed by atoms with van der Waals surface area (Å²) in [4.78, 5) is 4.00. The normalized spacial score (nSPS) is 10.8. The largest absolute Gasteiger partial charge is 0.384 e. The van der Waals surface area contributed by atoms with Gasteiger partial charge in [0.2, 0.25) is 0 Å². The Balaban J connectivity index is 2.93. The van der Waals surface area contributed by atoms with E-state index in [1.165, 1.54) is 0 Å². The third kappa shape index (κ3) is 0.921. The second-order valence-corrected chi connectivity index (χ2v) is 2.99. The smallest absolute Gasteiger partial charge is 0.184 e. The molecule has 0 spiro atoms. The molecule has 2 heterocycles. The Morgan fingerprint density at radius 2 is 2.33 bits per heavy atom.